The zero-order valence-electron chi connectivity index (χ0n) is 11.3. The molecule has 5 heteroatoms. The molecule has 17 heavy (non-hydrogen) atoms. The lowest BCUT2D eigenvalue weighted by Crippen LogP contribution is -2.30. The van der Waals surface area contributed by atoms with E-state index in [0.29, 0.717) is 36.9 Å². The summed E-state index contributed by atoms with van der Waals surface area (Å²) in [4.78, 5) is 13.3. The predicted molar refractivity (Wildman–Crippen MR) is 73.3 cm³/mol. The molecule has 0 saturated carbocycles. The third-order valence-corrected chi connectivity index (χ3v) is 3.94. The van der Waals surface area contributed by atoms with Crippen LogP contribution >= 0.6 is 0 Å². The normalized spacial score (nSPS) is 12.8. The minimum absolute atomic E-state index is 0.0661. The highest BCUT2D eigenvalue weighted by Crippen LogP contribution is 2.02. The van der Waals surface area contributed by atoms with Crippen LogP contribution < -0.4 is 5.73 Å². The summed E-state index contributed by atoms with van der Waals surface area (Å²) in [6.45, 7) is 5.51. The van der Waals surface area contributed by atoms with Crippen molar-refractivity contribution in [3.63, 3.8) is 0 Å². The average molecular weight is 262 g/mol. The van der Waals surface area contributed by atoms with Crippen LogP contribution in [0, 0.1) is 5.92 Å². The van der Waals surface area contributed by atoms with Crippen LogP contribution in [0.3, 0.4) is 0 Å². The molecule has 0 spiro atoms. The first-order valence-electron chi connectivity index (χ1n) is 6.26. The lowest BCUT2D eigenvalue weighted by molar-refractivity contribution is -0.129. The van der Waals surface area contributed by atoms with Crippen molar-refractivity contribution >= 4 is 16.7 Å². The Morgan fingerprint density at radius 3 is 2.53 bits per heavy atom. The zero-order valence-corrected chi connectivity index (χ0v) is 12.1. The van der Waals surface area contributed by atoms with Gasteiger partial charge >= 0.3 is 0 Å². The Morgan fingerprint density at radius 1 is 1.35 bits per heavy atom. The minimum Gasteiger partial charge on any atom is -0.346 e. The summed E-state index contributed by atoms with van der Waals surface area (Å²) in [5, 5.41) is 0. The Kier molecular flexibility index (Phi) is 9.36. The first-order valence-corrected chi connectivity index (χ1v) is 7.75. The van der Waals surface area contributed by atoms with Gasteiger partial charge in [0, 0.05) is 42.3 Å². The average Bonchev–Trinajstić information content (AvgIpc) is 2.30. The zero-order chi connectivity index (χ0) is 13.3. The number of carbonyl (C=O) groups is 1. The third-order valence-electron chi connectivity index (χ3n) is 2.59. The SMILES string of the molecule is CC(C)CCS(=O)CCC(=O)N(C)CCCN. The topological polar surface area (TPSA) is 63.4 Å². The van der Waals surface area contributed by atoms with E-state index in [1.807, 2.05) is 0 Å². The highest BCUT2D eigenvalue weighted by molar-refractivity contribution is 7.84. The monoisotopic (exact) mass is 262 g/mol. The van der Waals surface area contributed by atoms with Gasteiger partial charge in [0.05, 0.1) is 0 Å². The molecule has 0 aliphatic heterocycles. The van der Waals surface area contributed by atoms with Crippen molar-refractivity contribution in [1.82, 2.24) is 4.90 Å². The summed E-state index contributed by atoms with van der Waals surface area (Å²) < 4.78 is 11.6. The smallest absolute Gasteiger partial charge is 0.223 e. The molecule has 0 aromatic carbocycles. The van der Waals surface area contributed by atoms with Gasteiger partial charge in [-0.3, -0.25) is 9.00 Å². The fourth-order valence-corrected chi connectivity index (χ4v) is 2.66. The Bertz CT molecular complexity index is 245. The molecule has 0 fully saturated rings. The molecule has 0 saturated heterocycles. The van der Waals surface area contributed by atoms with Crippen LogP contribution in [0.15, 0.2) is 0 Å². The minimum atomic E-state index is -0.856. The Morgan fingerprint density at radius 2 is 2.00 bits per heavy atom. The summed E-state index contributed by atoms with van der Waals surface area (Å²) >= 11 is 0. The van der Waals surface area contributed by atoms with Crippen LogP contribution in [-0.2, 0) is 15.6 Å². The standard InChI is InChI=1S/C12H26N2O2S/c1-11(2)5-9-17(16)10-6-12(15)14(3)8-4-7-13/h11H,4-10,13H2,1-3H3. The largest absolute Gasteiger partial charge is 0.346 e. The molecular formula is C12H26N2O2S. The molecule has 2 N–H and O–H groups in total. The van der Waals surface area contributed by atoms with Crippen molar-refractivity contribution in [3.05, 3.63) is 0 Å². The fraction of sp³-hybridized carbons (Fsp3) is 0.917. The molecule has 0 aromatic heterocycles. The molecule has 0 bridgehead atoms. The molecule has 1 atom stereocenters. The maximum absolute atomic E-state index is 11.6. The summed E-state index contributed by atoms with van der Waals surface area (Å²) in [5.41, 5.74) is 5.38. The van der Waals surface area contributed by atoms with Crippen LogP contribution in [0.2, 0.25) is 0 Å². The van der Waals surface area contributed by atoms with Gasteiger partial charge in [-0.25, -0.2) is 0 Å². The molecule has 0 heterocycles. The molecule has 0 rings (SSSR count). The van der Waals surface area contributed by atoms with E-state index in [0.717, 1.165) is 12.8 Å². The number of hydrogen-bond acceptors (Lipinski definition) is 3. The predicted octanol–water partition coefficient (Wildman–Crippen LogP) is 0.979. The van der Waals surface area contributed by atoms with Crippen molar-refractivity contribution in [1.29, 1.82) is 0 Å². The molecule has 1 amide bonds. The second-order valence-corrected chi connectivity index (χ2v) is 6.43. The Labute approximate surface area is 107 Å². The van der Waals surface area contributed by atoms with Gasteiger partial charge in [-0.2, -0.15) is 0 Å². The molecular weight excluding hydrogens is 236 g/mol. The summed E-state index contributed by atoms with van der Waals surface area (Å²) in [7, 11) is 0.917. The second kappa shape index (κ2) is 9.59. The van der Waals surface area contributed by atoms with Gasteiger partial charge in [0.1, 0.15) is 0 Å². The van der Waals surface area contributed by atoms with Gasteiger partial charge < -0.3 is 10.6 Å². The molecule has 4 nitrogen and oxygen atoms in total. The first-order chi connectivity index (χ1) is 7.97. The van der Waals surface area contributed by atoms with Crippen molar-refractivity contribution in [3.8, 4) is 0 Å². The van der Waals surface area contributed by atoms with Crippen LogP contribution in [-0.4, -0.2) is 46.7 Å². The Hall–Kier alpha value is -0.420. The molecule has 0 aliphatic carbocycles. The van der Waals surface area contributed by atoms with Crippen molar-refractivity contribution in [2.24, 2.45) is 11.7 Å². The lowest BCUT2D eigenvalue weighted by atomic mass is 10.2. The van der Waals surface area contributed by atoms with Gasteiger partial charge in [-0.1, -0.05) is 13.8 Å². The van der Waals surface area contributed by atoms with Crippen LogP contribution in [0.5, 0.6) is 0 Å². The number of amides is 1. The van der Waals surface area contributed by atoms with E-state index in [-0.39, 0.29) is 5.91 Å². The van der Waals surface area contributed by atoms with Gasteiger partial charge in [-0.05, 0) is 25.3 Å². The van der Waals surface area contributed by atoms with Crippen LogP contribution in [0.25, 0.3) is 0 Å². The first kappa shape index (κ1) is 16.6. The molecule has 1 unspecified atom stereocenters. The molecule has 0 aliphatic rings. The highest BCUT2D eigenvalue weighted by atomic mass is 32.2. The second-order valence-electron chi connectivity index (χ2n) is 4.74. The van der Waals surface area contributed by atoms with E-state index in [2.05, 4.69) is 13.8 Å². The van der Waals surface area contributed by atoms with Gasteiger partial charge in [0.2, 0.25) is 5.91 Å². The molecule has 0 aromatic rings. The number of nitrogens with two attached hydrogens (primary N) is 1. The summed E-state index contributed by atoms with van der Waals surface area (Å²) in [5.74, 6) is 1.83. The van der Waals surface area contributed by atoms with E-state index in [4.69, 9.17) is 5.73 Å². The van der Waals surface area contributed by atoms with E-state index < -0.39 is 10.8 Å². The highest BCUT2D eigenvalue weighted by Gasteiger charge is 2.10. The summed E-state index contributed by atoms with van der Waals surface area (Å²) in [6, 6.07) is 0. The van der Waals surface area contributed by atoms with E-state index in [1.165, 1.54) is 0 Å². The number of rotatable bonds is 9. The maximum Gasteiger partial charge on any atom is 0.223 e. The van der Waals surface area contributed by atoms with E-state index in [9.17, 15) is 9.00 Å². The van der Waals surface area contributed by atoms with E-state index in [1.54, 1.807) is 11.9 Å². The number of hydrogen-bond donors (Lipinski definition) is 1. The van der Waals surface area contributed by atoms with Crippen molar-refractivity contribution in [2.45, 2.75) is 33.1 Å². The van der Waals surface area contributed by atoms with Crippen LogP contribution in [0.1, 0.15) is 33.1 Å². The van der Waals surface area contributed by atoms with E-state index >= 15 is 0 Å². The third kappa shape index (κ3) is 9.30. The lowest BCUT2D eigenvalue weighted by Gasteiger charge is -2.16. The van der Waals surface area contributed by atoms with Gasteiger partial charge in [0.25, 0.3) is 0 Å². The number of carbonyl (C=O) groups excluding carboxylic acids is 1. The van der Waals surface area contributed by atoms with Crippen molar-refractivity contribution in [2.75, 3.05) is 31.6 Å². The van der Waals surface area contributed by atoms with Gasteiger partial charge in [-0.15, -0.1) is 0 Å². The van der Waals surface area contributed by atoms with Crippen LogP contribution in [0.4, 0.5) is 0 Å². The number of nitrogens with zero attached hydrogens (tertiary/aromatic N) is 1. The molecule has 102 valence electrons. The molecule has 0 radical (unpaired) electrons. The maximum atomic E-state index is 11.6. The summed E-state index contributed by atoms with van der Waals surface area (Å²) in [6.07, 6.45) is 2.16. The fourth-order valence-electron chi connectivity index (χ4n) is 1.31. The van der Waals surface area contributed by atoms with Crippen molar-refractivity contribution < 1.29 is 9.00 Å². The Balaban J connectivity index is 3.71. The quantitative estimate of drug-likeness (QED) is 0.673. The van der Waals surface area contributed by atoms with Gasteiger partial charge in [0.15, 0.2) is 0 Å².